The van der Waals surface area contributed by atoms with Crippen LogP contribution < -0.4 is 9.64 Å². The number of rotatable bonds is 2. The van der Waals surface area contributed by atoms with Crippen molar-refractivity contribution in [2.45, 2.75) is 19.3 Å². The molecule has 1 aromatic heterocycles. The minimum absolute atomic E-state index is 0.192. The van der Waals surface area contributed by atoms with E-state index in [9.17, 15) is 13.6 Å². The Hall–Kier alpha value is -1.79. The fraction of sp³-hybridized carbons (Fsp3) is 0.500. The van der Waals surface area contributed by atoms with Gasteiger partial charge in [0.1, 0.15) is 0 Å². The molecule has 1 aromatic rings. The van der Waals surface area contributed by atoms with Crippen LogP contribution in [0.15, 0.2) is 12.4 Å². The van der Waals surface area contributed by atoms with E-state index in [2.05, 4.69) is 9.97 Å². The monoisotopic (exact) mass is 243 g/mol. The lowest BCUT2D eigenvalue weighted by atomic mass is 10.3. The Balaban J connectivity index is 2.06. The maximum atomic E-state index is 13.0. The number of carbonyl (C=O) groups excluding carboxylic acids is 1. The van der Waals surface area contributed by atoms with Gasteiger partial charge in [-0.25, -0.2) is 18.7 Å². The highest BCUT2D eigenvalue weighted by Crippen LogP contribution is 2.29. The van der Waals surface area contributed by atoms with Gasteiger partial charge in [-0.1, -0.05) is 0 Å². The number of aromatic nitrogens is 2. The van der Waals surface area contributed by atoms with Gasteiger partial charge in [0.2, 0.25) is 5.95 Å². The van der Waals surface area contributed by atoms with Crippen molar-refractivity contribution in [1.29, 1.82) is 0 Å². The Morgan fingerprint density at radius 3 is 2.59 bits per heavy atom. The molecule has 0 aliphatic carbocycles. The smallest absolute Gasteiger partial charge is 0.308 e. The number of carbonyl (C=O) groups is 1. The molecule has 1 aliphatic heterocycles. The summed E-state index contributed by atoms with van der Waals surface area (Å²) in [5.41, 5.74) is 0. The van der Waals surface area contributed by atoms with Gasteiger partial charge in [-0.2, -0.15) is 0 Å². The van der Waals surface area contributed by atoms with Crippen molar-refractivity contribution in [3.8, 4) is 5.75 Å². The summed E-state index contributed by atoms with van der Waals surface area (Å²) in [6.07, 6.45) is 2.39. The van der Waals surface area contributed by atoms with E-state index in [-0.39, 0.29) is 31.2 Å². The molecular formula is C10H11F2N3O2. The molecule has 0 radical (unpaired) electrons. The standard InChI is InChI=1S/C10H11F2N3O2/c1-7(16)17-8-4-13-9(14-5-8)15-3-2-10(11,12)6-15/h4-5H,2-3,6H2,1H3. The Bertz CT molecular complexity index is 422. The van der Waals surface area contributed by atoms with E-state index in [0.29, 0.717) is 0 Å². The minimum atomic E-state index is -2.68. The van der Waals surface area contributed by atoms with Gasteiger partial charge < -0.3 is 9.64 Å². The number of hydrogen-bond donors (Lipinski definition) is 0. The summed E-state index contributed by atoms with van der Waals surface area (Å²) in [6, 6.07) is 0. The van der Waals surface area contributed by atoms with Gasteiger partial charge in [-0.15, -0.1) is 0 Å². The summed E-state index contributed by atoms with van der Waals surface area (Å²) < 4.78 is 30.7. The first kappa shape index (κ1) is 11.7. The number of halogens is 2. The normalized spacial score (nSPS) is 18.2. The van der Waals surface area contributed by atoms with Crippen LogP contribution in [0.2, 0.25) is 0 Å². The molecule has 0 aromatic carbocycles. The minimum Gasteiger partial charge on any atom is -0.423 e. The second-order valence-corrected chi connectivity index (χ2v) is 3.84. The highest BCUT2D eigenvalue weighted by Gasteiger charge is 2.39. The molecule has 17 heavy (non-hydrogen) atoms. The van der Waals surface area contributed by atoms with Gasteiger partial charge in [-0.05, 0) is 0 Å². The molecule has 1 saturated heterocycles. The zero-order valence-corrected chi connectivity index (χ0v) is 9.19. The van der Waals surface area contributed by atoms with Gasteiger partial charge in [0.25, 0.3) is 5.92 Å². The van der Waals surface area contributed by atoms with Gasteiger partial charge in [0.05, 0.1) is 18.9 Å². The van der Waals surface area contributed by atoms with Crippen molar-refractivity contribution in [2.75, 3.05) is 18.0 Å². The second-order valence-electron chi connectivity index (χ2n) is 3.84. The zero-order valence-electron chi connectivity index (χ0n) is 9.19. The van der Waals surface area contributed by atoms with Crippen LogP contribution in [0.1, 0.15) is 13.3 Å². The van der Waals surface area contributed by atoms with Crippen LogP contribution >= 0.6 is 0 Å². The average Bonchev–Trinajstić information content (AvgIpc) is 2.59. The Labute approximate surface area is 96.4 Å². The summed E-state index contributed by atoms with van der Waals surface area (Å²) in [5.74, 6) is -2.74. The molecule has 0 amide bonds. The van der Waals surface area contributed by atoms with Crippen molar-refractivity contribution in [2.24, 2.45) is 0 Å². The highest BCUT2D eigenvalue weighted by molar-refractivity contribution is 5.69. The maximum Gasteiger partial charge on any atom is 0.308 e. The fourth-order valence-electron chi connectivity index (χ4n) is 1.60. The summed E-state index contributed by atoms with van der Waals surface area (Å²) in [5, 5.41) is 0. The Kier molecular flexibility index (Phi) is 2.91. The Morgan fingerprint density at radius 2 is 2.12 bits per heavy atom. The molecule has 0 bridgehead atoms. The maximum absolute atomic E-state index is 13.0. The predicted octanol–water partition coefficient (Wildman–Crippen LogP) is 1.25. The lowest BCUT2D eigenvalue weighted by Crippen LogP contribution is -2.26. The van der Waals surface area contributed by atoms with E-state index in [1.54, 1.807) is 0 Å². The first-order valence-electron chi connectivity index (χ1n) is 5.09. The van der Waals surface area contributed by atoms with Crippen molar-refractivity contribution >= 4 is 11.9 Å². The van der Waals surface area contributed by atoms with E-state index in [1.165, 1.54) is 24.2 Å². The number of nitrogens with zero attached hydrogens (tertiary/aromatic N) is 3. The number of alkyl halides is 2. The van der Waals surface area contributed by atoms with Crippen LogP contribution in [0.4, 0.5) is 14.7 Å². The van der Waals surface area contributed by atoms with Crippen LogP contribution in [0.3, 0.4) is 0 Å². The zero-order chi connectivity index (χ0) is 12.5. The van der Waals surface area contributed by atoms with E-state index in [0.717, 1.165) is 0 Å². The predicted molar refractivity (Wildman–Crippen MR) is 55.1 cm³/mol. The quantitative estimate of drug-likeness (QED) is 0.731. The van der Waals surface area contributed by atoms with Crippen LogP contribution in [-0.2, 0) is 4.79 Å². The topological polar surface area (TPSA) is 55.3 Å². The van der Waals surface area contributed by atoms with Crippen molar-refractivity contribution in [1.82, 2.24) is 9.97 Å². The molecule has 2 rings (SSSR count). The van der Waals surface area contributed by atoms with E-state index in [4.69, 9.17) is 4.74 Å². The molecule has 5 nitrogen and oxygen atoms in total. The first-order chi connectivity index (χ1) is 7.96. The molecule has 0 saturated carbocycles. The molecular weight excluding hydrogens is 232 g/mol. The fourth-order valence-corrected chi connectivity index (χ4v) is 1.60. The molecule has 0 atom stereocenters. The lowest BCUT2D eigenvalue weighted by molar-refractivity contribution is -0.131. The van der Waals surface area contributed by atoms with Crippen molar-refractivity contribution in [3.63, 3.8) is 0 Å². The molecule has 2 heterocycles. The van der Waals surface area contributed by atoms with Crippen molar-refractivity contribution < 1.29 is 18.3 Å². The second kappa shape index (κ2) is 4.23. The van der Waals surface area contributed by atoms with Gasteiger partial charge >= 0.3 is 5.97 Å². The molecule has 1 fully saturated rings. The summed E-state index contributed by atoms with van der Waals surface area (Å²) >= 11 is 0. The third-order valence-electron chi connectivity index (χ3n) is 2.33. The molecule has 92 valence electrons. The number of ether oxygens (including phenoxy) is 1. The lowest BCUT2D eigenvalue weighted by Gasteiger charge is -2.15. The Morgan fingerprint density at radius 1 is 1.47 bits per heavy atom. The summed E-state index contributed by atoms with van der Waals surface area (Å²) in [6.45, 7) is 1.11. The van der Waals surface area contributed by atoms with Crippen LogP contribution in [0.25, 0.3) is 0 Å². The van der Waals surface area contributed by atoms with Gasteiger partial charge in [-0.3, -0.25) is 4.79 Å². The number of anilines is 1. The van der Waals surface area contributed by atoms with Gasteiger partial charge in [0, 0.05) is 19.9 Å². The van der Waals surface area contributed by atoms with E-state index >= 15 is 0 Å². The molecule has 7 heteroatoms. The van der Waals surface area contributed by atoms with Gasteiger partial charge in [0.15, 0.2) is 5.75 Å². The molecule has 0 unspecified atom stereocenters. The van der Waals surface area contributed by atoms with Crippen LogP contribution in [0, 0.1) is 0 Å². The van der Waals surface area contributed by atoms with Crippen LogP contribution in [-0.4, -0.2) is 34.9 Å². The average molecular weight is 243 g/mol. The largest absolute Gasteiger partial charge is 0.423 e. The third-order valence-corrected chi connectivity index (χ3v) is 2.33. The van der Waals surface area contributed by atoms with E-state index < -0.39 is 11.9 Å². The first-order valence-corrected chi connectivity index (χ1v) is 5.09. The molecule has 0 spiro atoms. The number of hydrogen-bond acceptors (Lipinski definition) is 5. The summed E-state index contributed by atoms with van der Waals surface area (Å²) in [4.78, 5) is 19.8. The SMILES string of the molecule is CC(=O)Oc1cnc(N2CCC(F)(F)C2)nc1. The van der Waals surface area contributed by atoms with Crippen LogP contribution in [0.5, 0.6) is 5.75 Å². The van der Waals surface area contributed by atoms with Crippen molar-refractivity contribution in [3.05, 3.63) is 12.4 Å². The third kappa shape index (κ3) is 2.86. The number of esters is 1. The summed E-state index contributed by atoms with van der Waals surface area (Å²) in [7, 11) is 0. The highest BCUT2D eigenvalue weighted by atomic mass is 19.3. The van der Waals surface area contributed by atoms with E-state index in [1.807, 2.05) is 0 Å². The molecule has 1 aliphatic rings. The molecule has 0 N–H and O–H groups in total.